The van der Waals surface area contributed by atoms with Crippen LogP contribution in [0.25, 0.3) is 0 Å². The van der Waals surface area contributed by atoms with Crippen LogP contribution in [0.3, 0.4) is 0 Å². The first-order valence-corrected chi connectivity index (χ1v) is 3.67. The molecule has 0 spiro atoms. The lowest BCUT2D eigenvalue weighted by Crippen LogP contribution is -2.14. The van der Waals surface area contributed by atoms with Crippen LogP contribution in [-0.4, -0.2) is 27.0 Å². The first-order chi connectivity index (χ1) is 6.06. The molecule has 0 aliphatic carbocycles. The van der Waals surface area contributed by atoms with Crippen molar-refractivity contribution in [1.29, 1.82) is 0 Å². The van der Waals surface area contributed by atoms with Gasteiger partial charge in [-0.2, -0.15) is 0 Å². The third kappa shape index (κ3) is 1.82. The van der Waals surface area contributed by atoms with Crippen molar-refractivity contribution < 1.29 is 20.4 Å². The Hall–Kier alpha value is -1.46. The van der Waals surface area contributed by atoms with E-state index in [0.717, 1.165) is 0 Å². The Kier molecular flexibility index (Phi) is 2.60. The minimum Gasteiger partial charge on any atom is -0.504 e. The summed E-state index contributed by atoms with van der Waals surface area (Å²) in [4.78, 5) is 0. The molecule has 5 heteroatoms. The highest BCUT2D eigenvalue weighted by Crippen LogP contribution is 2.36. The lowest BCUT2D eigenvalue weighted by molar-refractivity contribution is 0.267. The zero-order valence-electron chi connectivity index (χ0n) is 6.81. The van der Waals surface area contributed by atoms with Crippen LogP contribution in [0, 0.1) is 0 Å². The number of aromatic hydroxyl groups is 3. The Morgan fingerprint density at radius 2 is 1.62 bits per heavy atom. The fourth-order valence-electron chi connectivity index (χ4n) is 0.945. The second kappa shape index (κ2) is 3.51. The van der Waals surface area contributed by atoms with E-state index in [1.807, 2.05) is 0 Å². The van der Waals surface area contributed by atoms with Gasteiger partial charge in [0.1, 0.15) is 0 Å². The first-order valence-electron chi connectivity index (χ1n) is 3.67. The molecule has 0 aliphatic heterocycles. The van der Waals surface area contributed by atoms with Gasteiger partial charge in [0, 0.05) is 0 Å². The molecule has 0 amide bonds. The summed E-state index contributed by atoms with van der Waals surface area (Å²) in [5.74, 6) is -1.51. The Balaban J connectivity index is 3.13. The van der Waals surface area contributed by atoms with Gasteiger partial charge in [0.2, 0.25) is 0 Å². The highest BCUT2D eigenvalue weighted by Gasteiger charge is 2.11. The van der Waals surface area contributed by atoms with E-state index < -0.39 is 23.3 Å². The highest BCUT2D eigenvalue weighted by molar-refractivity contribution is 5.51. The fourth-order valence-corrected chi connectivity index (χ4v) is 0.945. The van der Waals surface area contributed by atoms with Crippen LogP contribution >= 0.6 is 0 Å². The molecule has 1 aromatic carbocycles. The summed E-state index contributed by atoms with van der Waals surface area (Å²) in [5, 5.41) is 35.8. The van der Waals surface area contributed by atoms with Gasteiger partial charge in [-0.15, -0.1) is 0 Å². The van der Waals surface area contributed by atoms with Gasteiger partial charge in [-0.3, -0.25) is 0 Å². The van der Waals surface area contributed by atoms with E-state index in [4.69, 9.17) is 26.2 Å². The van der Waals surface area contributed by atoms with Crippen LogP contribution in [-0.2, 0) is 0 Å². The van der Waals surface area contributed by atoms with Gasteiger partial charge < -0.3 is 26.2 Å². The minimum absolute atomic E-state index is 0.302. The number of aliphatic hydroxyl groups excluding tert-OH is 1. The first kappa shape index (κ1) is 9.63. The maximum absolute atomic E-state index is 9.08. The summed E-state index contributed by atoms with van der Waals surface area (Å²) >= 11 is 0. The Bertz CT molecular complexity index is 290. The predicted octanol–water partition coefficient (Wildman–Crippen LogP) is -0.205. The fraction of sp³-hybridized carbons (Fsp3) is 0.250. The molecule has 0 unspecified atom stereocenters. The topological polar surface area (TPSA) is 107 Å². The van der Waals surface area contributed by atoms with Crippen molar-refractivity contribution >= 4 is 0 Å². The average molecular weight is 185 g/mol. The maximum atomic E-state index is 9.08. The zero-order chi connectivity index (χ0) is 10.0. The molecule has 0 bridgehead atoms. The molecule has 0 radical (unpaired) electrons. The third-order valence-electron chi connectivity index (χ3n) is 1.72. The van der Waals surface area contributed by atoms with Gasteiger partial charge in [0.15, 0.2) is 17.2 Å². The van der Waals surface area contributed by atoms with Crippen molar-refractivity contribution in [2.45, 2.75) is 6.04 Å². The third-order valence-corrected chi connectivity index (χ3v) is 1.72. The second-order valence-electron chi connectivity index (χ2n) is 2.70. The lowest BCUT2D eigenvalue weighted by atomic mass is 10.1. The average Bonchev–Trinajstić information content (AvgIpc) is 2.12. The predicted molar refractivity (Wildman–Crippen MR) is 45.5 cm³/mol. The van der Waals surface area contributed by atoms with Gasteiger partial charge in [-0.1, -0.05) is 0 Å². The van der Waals surface area contributed by atoms with Gasteiger partial charge >= 0.3 is 0 Å². The van der Waals surface area contributed by atoms with Crippen LogP contribution in [0.1, 0.15) is 11.6 Å². The molecule has 0 saturated carbocycles. The second-order valence-corrected chi connectivity index (χ2v) is 2.70. The van der Waals surface area contributed by atoms with E-state index in [2.05, 4.69) is 0 Å². The smallest absolute Gasteiger partial charge is 0.200 e. The summed E-state index contributed by atoms with van der Waals surface area (Å²) in [7, 11) is 0. The van der Waals surface area contributed by atoms with Gasteiger partial charge in [-0.05, 0) is 17.7 Å². The summed E-state index contributed by atoms with van der Waals surface area (Å²) < 4.78 is 0. The van der Waals surface area contributed by atoms with E-state index in [0.29, 0.717) is 5.56 Å². The standard InChI is InChI=1S/C8H11NO4/c9-5(3-10)4-1-6(11)8(13)7(12)2-4/h1-2,5,10-13H,3,9H2/t5-/m1/s1. The summed E-state index contributed by atoms with van der Waals surface area (Å²) in [5.41, 5.74) is 5.79. The highest BCUT2D eigenvalue weighted by atomic mass is 16.3. The van der Waals surface area contributed by atoms with E-state index in [-0.39, 0.29) is 6.61 Å². The lowest BCUT2D eigenvalue weighted by Gasteiger charge is -2.10. The quantitative estimate of drug-likeness (QED) is 0.410. The summed E-state index contributed by atoms with van der Waals surface area (Å²) in [6.07, 6.45) is 0. The monoisotopic (exact) mass is 185 g/mol. The SMILES string of the molecule is N[C@H](CO)c1cc(O)c(O)c(O)c1. The van der Waals surface area contributed by atoms with E-state index in [1.54, 1.807) is 0 Å². The van der Waals surface area contributed by atoms with Crippen LogP contribution in [0.15, 0.2) is 12.1 Å². The van der Waals surface area contributed by atoms with E-state index in [9.17, 15) is 0 Å². The normalized spacial score (nSPS) is 12.8. The molecule has 1 atom stereocenters. The van der Waals surface area contributed by atoms with Crippen molar-refractivity contribution in [2.75, 3.05) is 6.61 Å². The Labute approximate surface area is 74.7 Å². The van der Waals surface area contributed by atoms with E-state index >= 15 is 0 Å². The van der Waals surface area contributed by atoms with Crippen molar-refractivity contribution in [3.63, 3.8) is 0 Å². The molecule has 0 aliphatic rings. The van der Waals surface area contributed by atoms with E-state index in [1.165, 1.54) is 12.1 Å². The zero-order valence-corrected chi connectivity index (χ0v) is 6.81. The van der Waals surface area contributed by atoms with Crippen molar-refractivity contribution in [3.05, 3.63) is 17.7 Å². The van der Waals surface area contributed by atoms with Crippen LogP contribution < -0.4 is 5.73 Å². The number of aliphatic hydroxyl groups is 1. The molecular formula is C8H11NO4. The molecule has 6 N–H and O–H groups in total. The molecule has 0 heterocycles. The van der Waals surface area contributed by atoms with Crippen molar-refractivity contribution in [3.8, 4) is 17.2 Å². The summed E-state index contributed by atoms with van der Waals surface area (Å²) in [6.45, 7) is -0.302. The Morgan fingerprint density at radius 1 is 1.15 bits per heavy atom. The number of hydrogen-bond acceptors (Lipinski definition) is 5. The van der Waals surface area contributed by atoms with Gasteiger partial charge in [0.05, 0.1) is 12.6 Å². The molecule has 0 fully saturated rings. The summed E-state index contributed by atoms with van der Waals surface area (Å²) in [6, 6.07) is 1.70. The molecule has 1 rings (SSSR count). The number of phenols is 3. The van der Waals surface area contributed by atoms with Gasteiger partial charge in [0.25, 0.3) is 0 Å². The number of nitrogens with two attached hydrogens (primary N) is 1. The molecule has 5 nitrogen and oxygen atoms in total. The number of benzene rings is 1. The van der Waals surface area contributed by atoms with Crippen LogP contribution in [0.4, 0.5) is 0 Å². The molecule has 72 valence electrons. The molecule has 1 aromatic rings. The minimum atomic E-state index is -0.683. The van der Waals surface area contributed by atoms with Crippen LogP contribution in [0.2, 0.25) is 0 Å². The number of rotatable bonds is 2. The maximum Gasteiger partial charge on any atom is 0.200 e. The molecular weight excluding hydrogens is 174 g/mol. The van der Waals surface area contributed by atoms with Crippen molar-refractivity contribution in [2.24, 2.45) is 5.73 Å². The van der Waals surface area contributed by atoms with Crippen LogP contribution in [0.5, 0.6) is 17.2 Å². The number of hydrogen-bond donors (Lipinski definition) is 5. The van der Waals surface area contributed by atoms with Crippen molar-refractivity contribution in [1.82, 2.24) is 0 Å². The number of phenolic OH excluding ortho intramolecular Hbond substituents is 3. The molecule has 0 saturated heterocycles. The molecule has 0 aromatic heterocycles. The van der Waals surface area contributed by atoms with Gasteiger partial charge in [-0.25, -0.2) is 0 Å². The largest absolute Gasteiger partial charge is 0.504 e. The molecule has 13 heavy (non-hydrogen) atoms. The Morgan fingerprint density at radius 3 is 2.00 bits per heavy atom.